The second-order valence-electron chi connectivity index (χ2n) is 3.73. The van der Waals surface area contributed by atoms with Crippen LogP contribution in [0.25, 0.3) is 11.1 Å². The van der Waals surface area contributed by atoms with Crippen molar-refractivity contribution in [1.82, 2.24) is 10.4 Å². The van der Waals surface area contributed by atoms with E-state index in [-0.39, 0.29) is 17.2 Å². The Labute approximate surface area is 113 Å². The number of pyridine rings is 1. The quantitative estimate of drug-likeness (QED) is 0.378. The third-order valence-electron chi connectivity index (χ3n) is 2.48. The summed E-state index contributed by atoms with van der Waals surface area (Å²) in [6.07, 6.45) is 1.33. The van der Waals surface area contributed by atoms with Crippen molar-refractivity contribution in [3.8, 4) is 22.6 Å². The van der Waals surface area contributed by atoms with E-state index in [1.807, 2.05) is 5.43 Å². The van der Waals surface area contributed by atoms with Gasteiger partial charge in [0, 0.05) is 22.3 Å². The molecule has 19 heavy (non-hydrogen) atoms. The van der Waals surface area contributed by atoms with E-state index >= 15 is 0 Å². The first-order valence-electron chi connectivity index (χ1n) is 5.21. The number of nitrogen functional groups attached to an aromatic ring is 1. The Balaban J connectivity index is 2.50. The number of aromatic hydroxyl groups is 2. The van der Waals surface area contributed by atoms with Gasteiger partial charge in [-0.15, -0.1) is 0 Å². The third-order valence-corrected chi connectivity index (χ3v) is 2.72. The van der Waals surface area contributed by atoms with Crippen molar-refractivity contribution in [2.45, 2.75) is 0 Å². The molecule has 0 saturated heterocycles. The summed E-state index contributed by atoms with van der Waals surface area (Å²) in [5.41, 5.74) is 2.49. The molecule has 2 rings (SSSR count). The lowest BCUT2D eigenvalue weighted by molar-refractivity contribution is 0.0946. The van der Waals surface area contributed by atoms with Crippen molar-refractivity contribution in [2.24, 2.45) is 5.84 Å². The van der Waals surface area contributed by atoms with Gasteiger partial charge in [0.2, 0.25) is 0 Å². The van der Waals surface area contributed by atoms with Crippen molar-refractivity contribution in [3.63, 3.8) is 0 Å². The lowest BCUT2D eigenvalue weighted by Gasteiger charge is -2.07. The predicted molar refractivity (Wildman–Crippen MR) is 69.7 cm³/mol. The molecule has 1 aromatic heterocycles. The molecule has 0 saturated carbocycles. The average molecular weight is 280 g/mol. The Hall–Kier alpha value is -2.31. The molecule has 2 aromatic rings. The normalized spacial score (nSPS) is 10.2. The molecular weight excluding hydrogens is 270 g/mol. The molecule has 5 N–H and O–H groups in total. The van der Waals surface area contributed by atoms with Gasteiger partial charge in [-0.05, 0) is 24.3 Å². The van der Waals surface area contributed by atoms with E-state index in [1.54, 1.807) is 0 Å². The fraction of sp³-hybridized carbons (Fsp3) is 0. The number of benzene rings is 1. The van der Waals surface area contributed by atoms with Crippen LogP contribution in [-0.2, 0) is 0 Å². The number of hydrogen-bond donors (Lipinski definition) is 4. The molecule has 0 aliphatic carbocycles. The molecular formula is C12H10ClN3O3. The van der Waals surface area contributed by atoms with Crippen LogP contribution in [-0.4, -0.2) is 21.1 Å². The standard InChI is InChI=1S/C12H10ClN3O3/c13-7-1-2-9(17)8(4-7)6-3-10(18)11(15-5-6)12(19)16-14/h1-5,17-18H,14H2,(H,16,19). The van der Waals surface area contributed by atoms with Crippen molar-refractivity contribution in [2.75, 3.05) is 0 Å². The van der Waals surface area contributed by atoms with E-state index in [4.69, 9.17) is 17.4 Å². The molecule has 0 radical (unpaired) electrons. The molecule has 0 aliphatic heterocycles. The first kappa shape index (κ1) is 13.1. The summed E-state index contributed by atoms with van der Waals surface area (Å²) in [5.74, 6) is 3.89. The van der Waals surface area contributed by atoms with Gasteiger partial charge in [0.05, 0.1) is 0 Å². The van der Waals surface area contributed by atoms with Gasteiger partial charge in [-0.3, -0.25) is 10.2 Å². The molecule has 1 heterocycles. The minimum atomic E-state index is -0.709. The van der Waals surface area contributed by atoms with Crippen LogP contribution in [0.2, 0.25) is 5.02 Å². The molecule has 7 heteroatoms. The number of carbonyl (C=O) groups excluding carboxylic acids is 1. The first-order chi connectivity index (χ1) is 9.02. The zero-order valence-corrected chi connectivity index (χ0v) is 10.3. The maximum Gasteiger partial charge on any atom is 0.287 e. The highest BCUT2D eigenvalue weighted by atomic mass is 35.5. The fourth-order valence-corrected chi connectivity index (χ4v) is 1.76. The summed E-state index contributed by atoms with van der Waals surface area (Å²) >= 11 is 5.84. The van der Waals surface area contributed by atoms with Crippen LogP contribution in [0.5, 0.6) is 11.5 Å². The van der Waals surface area contributed by atoms with Crippen molar-refractivity contribution in [1.29, 1.82) is 0 Å². The van der Waals surface area contributed by atoms with E-state index in [2.05, 4.69) is 4.98 Å². The summed E-state index contributed by atoms with van der Waals surface area (Å²) < 4.78 is 0. The maximum atomic E-state index is 11.3. The number of amides is 1. The van der Waals surface area contributed by atoms with E-state index in [9.17, 15) is 15.0 Å². The van der Waals surface area contributed by atoms with Crippen LogP contribution in [0, 0.1) is 0 Å². The van der Waals surface area contributed by atoms with Gasteiger partial charge in [-0.25, -0.2) is 10.8 Å². The maximum absolute atomic E-state index is 11.3. The molecule has 1 aromatic carbocycles. The van der Waals surface area contributed by atoms with Gasteiger partial charge in [0.1, 0.15) is 11.5 Å². The van der Waals surface area contributed by atoms with Crippen LogP contribution in [0.3, 0.4) is 0 Å². The van der Waals surface area contributed by atoms with Gasteiger partial charge < -0.3 is 10.2 Å². The predicted octanol–water partition coefficient (Wildman–Crippen LogP) is 1.42. The molecule has 0 aliphatic rings. The molecule has 0 unspecified atom stereocenters. The summed E-state index contributed by atoms with van der Waals surface area (Å²) in [6.45, 7) is 0. The van der Waals surface area contributed by atoms with Crippen LogP contribution in [0.15, 0.2) is 30.5 Å². The highest BCUT2D eigenvalue weighted by Gasteiger charge is 2.14. The lowest BCUT2D eigenvalue weighted by Crippen LogP contribution is -2.30. The number of halogens is 1. The van der Waals surface area contributed by atoms with E-state index < -0.39 is 5.91 Å². The van der Waals surface area contributed by atoms with Gasteiger partial charge in [-0.2, -0.15) is 0 Å². The smallest absolute Gasteiger partial charge is 0.287 e. The molecule has 0 atom stereocenters. The molecule has 0 fully saturated rings. The summed E-state index contributed by atoms with van der Waals surface area (Å²) in [7, 11) is 0. The fourth-order valence-electron chi connectivity index (χ4n) is 1.58. The molecule has 6 nitrogen and oxygen atoms in total. The molecule has 98 valence electrons. The Bertz CT molecular complexity index is 646. The van der Waals surface area contributed by atoms with Crippen LogP contribution < -0.4 is 11.3 Å². The highest BCUT2D eigenvalue weighted by Crippen LogP contribution is 2.33. The third kappa shape index (κ3) is 2.59. The molecule has 0 bridgehead atoms. The number of aromatic nitrogens is 1. The highest BCUT2D eigenvalue weighted by molar-refractivity contribution is 6.31. The van der Waals surface area contributed by atoms with E-state index in [0.29, 0.717) is 16.1 Å². The lowest BCUT2D eigenvalue weighted by atomic mass is 10.1. The second kappa shape index (κ2) is 5.13. The average Bonchev–Trinajstić information content (AvgIpc) is 2.40. The number of phenols is 1. The Morgan fingerprint density at radius 1 is 1.26 bits per heavy atom. The van der Waals surface area contributed by atoms with Crippen molar-refractivity contribution in [3.05, 3.63) is 41.2 Å². The first-order valence-corrected chi connectivity index (χ1v) is 5.59. The second-order valence-corrected chi connectivity index (χ2v) is 4.16. The topological polar surface area (TPSA) is 108 Å². The SMILES string of the molecule is NNC(=O)c1ncc(-c2cc(Cl)ccc2O)cc1O. The van der Waals surface area contributed by atoms with E-state index in [0.717, 1.165) is 0 Å². The molecule has 0 spiro atoms. The number of carbonyl (C=O) groups is 1. The minimum Gasteiger partial charge on any atom is -0.507 e. The number of phenolic OH excluding ortho intramolecular Hbond substituents is 1. The van der Waals surface area contributed by atoms with Crippen molar-refractivity contribution >= 4 is 17.5 Å². The van der Waals surface area contributed by atoms with Gasteiger partial charge in [0.15, 0.2) is 5.69 Å². The summed E-state index contributed by atoms with van der Waals surface area (Å²) in [4.78, 5) is 15.1. The largest absolute Gasteiger partial charge is 0.507 e. The van der Waals surface area contributed by atoms with Gasteiger partial charge >= 0.3 is 0 Å². The number of nitrogens with zero attached hydrogens (tertiary/aromatic N) is 1. The van der Waals surface area contributed by atoms with Crippen LogP contribution in [0.4, 0.5) is 0 Å². The number of hydrazine groups is 1. The summed E-state index contributed by atoms with van der Waals surface area (Å²) in [6, 6.07) is 5.78. The van der Waals surface area contributed by atoms with Gasteiger partial charge in [0.25, 0.3) is 5.91 Å². The van der Waals surface area contributed by atoms with Crippen LogP contribution in [0.1, 0.15) is 10.5 Å². The van der Waals surface area contributed by atoms with Crippen LogP contribution >= 0.6 is 11.6 Å². The summed E-state index contributed by atoms with van der Waals surface area (Å²) in [5, 5.41) is 19.9. The van der Waals surface area contributed by atoms with E-state index in [1.165, 1.54) is 30.5 Å². The number of hydrogen-bond acceptors (Lipinski definition) is 5. The zero-order chi connectivity index (χ0) is 14.0. The number of nitrogens with two attached hydrogens (primary N) is 1. The van der Waals surface area contributed by atoms with Gasteiger partial charge in [-0.1, -0.05) is 11.6 Å². The van der Waals surface area contributed by atoms with Crippen molar-refractivity contribution < 1.29 is 15.0 Å². The molecule has 1 amide bonds. The number of rotatable bonds is 2. The Morgan fingerprint density at radius 3 is 2.63 bits per heavy atom. The Kier molecular flexibility index (Phi) is 3.55. The monoisotopic (exact) mass is 279 g/mol. The number of nitrogens with one attached hydrogen (secondary N) is 1. The minimum absolute atomic E-state index is 0.0124. The zero-order valence-electron chi connectivity index (χ0n) is 9.59. The Morgan fingerprint density at radius 2 is 2.00 bits per heavy atom.